The Kier molecular flexibility index (Phi) is 4.18. The molecule has 0 aliphatic heterocycles. The van der Waals surface area contributed by atoms with Crippen molar-refractivity contribution in [1.29, 1.82) is 0 Å². The molecule has 0 atom stereocenters. The summed E-state index contributed by atoms with van der Waals surface area (Å²) in [7, 11) is 0. The molecule has 0 amide bonds. The summed E-state index contributed by atoms with van der Waals surface area (Å²) in [6.45, 7) is 4.61. The van der Waals surface area contributed by atoms with E-state index >= 15 is 0 Å². The topological polar surface area (TPSA) is 45.2 Å². The van der Waals surface area contributed by atoms with Crippen molar-refractivity contribution in [3.8, 4) is 5.75 Å². The highest BCUT2D eigenvalue weighted by molar-refractivity contribution is 5.66. The normalized spacial score (nSPS) is 10.8. The first kappa shape index (κ1) is 13.1. The van der Waals surface area contributed by atoms with Crippen molar-refractivity contribution in [2.24, 2.45) is 0 Å². The molecule has 1 aromatic carbocycles. The van der Waals surface area contributed by atoms with Gasteiger partial charge in [-0.3, -0.25) is 4.98 Å². The summed E-state index contributed by atoms with van der Waals surface area (Å²) in [6.07, 6.45) is 7.58. The molecule has 0 aliphatic rings. The average molecular weight is 254 g/mol. The van der Waals surface area contributed by atoms with Crippen molar-refractivity contribution in [1.82, 2.24) is 4.98 Å². The Morgan fingerprint density at radius 3 is 2.89 bits per heavy atom. The van der Waals surface area contributed by atoms with Gasteiger partial charge in [-0.25, -0.2) is 0 Å². The summed E-state index contributed by atoms with van der Waals surface area (Å²) < 4.78 is 0. The van der Waals surface area contributed by atoms with Crippen molar-refractivity contribution in [2.75, 3.05) is 5.32 Å². The number of benzene rings is 1. The van der Waals surface area contributed by atoms with E-state index in [-0.39, 0.29) is 5.75 Å². The number of phenols is 1. The molecule has 0 saturated carbocycles. The first-order valence-electron chi connectivity index (χ1n) is 6.30. The summed E-state index contributed by atoms with van der Waals surface area (Å²) in [4.78, 5) is 4.07. The molecule has 1 aromatic heterocycles. The minimum absolute atomic E-state index is 0.273. The summed E-state index contributed by atoms with van der Waals surface area (Å²) in [5, 5.41) is 13.2. The zero-order valence-electron chi connectivity index (χ0n) is 11.2. The largest absolute Gasteiger partial charge is 0.506 e. The van der Waals surface area contributed by atoms with Crippen molar-refractivity contribution >= 4 is 11.8 Å². The molecule has 2 aromatic rings. The van der Waals surface area contributed by atoms with Crippen molar-refractivity contribution < 1.29 is 5.11 Å². The number of hydrogen-bond acceptors (Lipinski definition) is 3. The van der Waals surface area contributed by atoms with E-state index in [1.165, 1.54) is 0 Å². The summed E-state index contributed by atoms with van der Waals surface area (Å²) >= 11 is 0. The molecule has 1 heterocycles. The third-order valence-electron chi connectivity index (χ3n) is 2.94. The van der Waals surface area contributed by atoms with Crippen LogP contribution in [0, 0.1) is 6.92 Å². The number of phenolic OH excluding ortho intramolecular Hbond substituents is 1. The molecule has 98 valence electrons. The quantitative estimate of drug-likeness (QED) is 0.817. The lowest BCUT2D eigenvalue weighted by Gasteiger charge is -2.11. The molecule has 0 unspecified atom stereocenters. The number of anilines is 1. The molecule has 0 radical (unpaired) electrons. The molecule has 19 heavy (non-hydrogen) atoms. The second-order valence-corrected chi connectivity index (χ2v) is 4.44. The molecule has 0 fully saturated rings. The zero-order chi connectivity index (χ0) is 13.7. The van der Waals surface area contributed by atoms with Gasteiger partial charge in [0, 0.05) is 18.9 Å². The van der Waals surface area contributed by atoms with Gasteiger partial charge in [-0.2, -0.15) is 0 Å². The maximum Gasteiger partial charge on any atom is 0.138 e. The minimum atomic E-state index is 0.273. The number of nitrogens with one attached hydrogen (secondary N) is 1. The molecular weight excluding hydrogens is 236 g/mol. The molecular formula is C16H18N2O. The van der Waals surface area contributed by atoms with Gasteiger partial charge < -0.3 is 10.4 Å². The number of allylic oxidation sites excluding steroid dienone is 1. The van der Waals surface area contributed by atoms with Crippen LogP contribution in [-0.4, -0.2) is 10.1 Å². The number of pyridine rings is 1. The van der Waals surface area contributed by atoms with Gasteiger partial charge in [0.1, 0.15) is 5.75 Å². The first-order chi connectivity index (χ1) is 9.20. The van der Waals surface area contributed by atoms with E-state index in [2.05, 4.69) is 10.3 Å². The number of rotatable bonds is 4. The SMILES string of the molecule is C/C=C/c1cc(NCc2cccnc2)c(O)cc1C. The predicted molar refractivity (Wildman–Crippen MR) is 79.1 cm³/mol. The second kappa shape index (κ2) is 6.05. The predicted octanol–water partition coefficient (Wildman–Crippen LogP) is 3.74. The molecule has 0 bridgehead atoms. The van der Waals surface area contributed by atoms with Crippen LogP contribution in [0.4, 0.5) is 5.69 Å². The Bertz CT molecular complexity index is 577. The van der Waals surface area contributed by atoms with Crippen LogP contribution in [0.15, 0.2) is 42.7 Å². The Morgan fingerprint density at radius 2 is 2.21 bits per heavy atom. The van der Waals surface area contributed by atoms with Crippen molar-refractivity contribution in [3.05, 3.63) is 59.4 Å². The molecule has 2 rings (SSSR count). The minimum Gasteiger partial charge on any atom is -0.506 e. The fourth-order valence-electron chi connectivity index (χ4n) is 1.91. The maximum absolute atomic E-state index is 9.96. The Labute approximate surface area is 113 Å². The van der Waals surface area contributed by atoms with Crippen LogP contribution >= 0.6 is 0 Å². The number of aromatic nitrogens is 1. The van der Waals surface area contributed by atoms with Gasteiger partial charge in [-0.1, -0.05) is 18.2 Å². The highest BCUT2D eigenvalue weighted by Gasteiger charge is 2.04. The van der Waals surface area contributed by atoms with Crippen LogP contribution < -0.4 is 5.32 Å². The lowest BCUT2D eigenvalue weighted by Crippen LogP contribution is -2.00. The van der Waals surface area contributed by atoms with E-state index in [1.54, 1.807) is 12.3 Å². The Morgan fingerprint density at radius 1 is 1.37 bits per heavy atom. The average Bonchev–Trinajstić information content (AvgIpc) is 2.42. The molecule has 0 aliphatic carbocycles. The zero-order valence-corrected chi connectivity index (χ0v) is 11.2. The monoisotopic (exact) mass is 254 g/mol. The first-order valence-corrected chi connectivity index (χ1v) is 6.30. The summed E-state index contributed by atoms with van der Waals surface area (Å²) in [6, 6.07) is 7.64. The van der Waals surface area contributed by atoms with E-state index < -0.39 is 0 Å². The van der Waals surface area contributed by atoms with Gasteiger partial charge in [-0.15, -0.1) is 0 Å². The van der Waals surface area contributed by atoms with Crippen LogP contribution in [0.25, 0.3) is 6.08 Å². The van der Waals surface area contributed by atoms with Crippen LogP contribution in [0.5, 0.6) is 5.75 Å². The fraction of sp³-hybridized carbons (Fsp3) is 0.188. The van der Waals surface area contributed by atoms with E-state index in [1.807, 2.05) is 50.4 Å². The maximum atomic E-state index is 9.96. The number of nitrogens with zero attached hydrogens (tertiary/aromatic N) is 1. The van der Waals surface area contributed by atoms with Crippen LogP contribution in [0.3, 0.4) is 0 Å². The Balaban J connectivity index is 2.18. The molecule has 3 nitrogen and oxygen atoms in total. The summed E-state index contributed by atoms with van der Waals surface area (Å²) in [5.41, 5.74) is 3.98. The fourth-order valence-corrected chi connectivity index (χ4v) is 1.91. The summed E-state index contributed by atoms with van der Waals surface area (Å²) in [5.74, 6) is 0.273. The third kappa shape index (κ3) is 3.35. The van der Waals surface area contributed by atoms with Gasteiger partial charge in [0.15, 0.2) is 0 Å². The van der Waals surface area contributed by atoms with E-state index in [9.17, 15) is 5.11 Å². The number of aromatic hydroxyl groups is 1. The number of aryl methyl sites for hydroxylation is 1. The van der Waals surface area contributed by atoms with Gasteiger partial charge in [-0.05, 0) is 48.7 Å². The van der Waals surface area contributed by atoms with Crippen molar-refractivity contribution in [3.63, 3.8) is 0 Å². The standard InChI is InChI=1S/C16H18N2O/c1-3-5-14-9-15(16(19)8-12(14)2)18-11-13-6-4-7-17-10-13/h3-10,18-19H,11H2,1-2H3/b5-3+. The lowest BCUT2D eigenvalue weighted by molar-refractivity contribution is 0.476. The molecule has 0 spiro atoms. The van der Waals surface area contributed by atoms with Gasteiger partial charge >= 0.3 is 0 Å². The highest BCUT2D eigenvalue weighted by atomic mass is 16.3. The molecule has 3 heteroatoms. The van der Waals surface area contributed by atoms with Gasteiger partial charge in [0.05, 0.1) is 5.69 Å². The van der Waals surface area contributed by atoms with E-state index in [4.69, 9.17) is 0 Å². The third-order valence-corrected chi connectivity index (χ3v) is 2.94. The second-order valence-electron chi connectivity index (χ2n) is 4.44. The highest BCUT2D eigenvalue weighted by Crippen LogP contribution is 2.28. The van der Waals surface area contributed by atoms with Crippen molar-refractivity contribution in [2.45, 2.75) is 20.4 Å². The smallest absolute Gasteiger partial charge is 0.138 e. The van der Waals surface area contributed by atoms with Crippen LogP contribution in [0.2, 0.25) is 0 Å². The van der Waals surface area contributed by atoms with Crippen LogP contribution in [-0.2, 0) is 6.54 Å². The number of hydrogen-bond donors (Lipinski definition) is 2. The lowest BCUT2D eigenvalue weighted by atomic mass is 10.1. The molecule has 0 saturated heterocycles. The van der Waals surface area contributed by atoms with Gasteiger partial charge in [0.2, 0.25) is 0 Å². The van der Waals surface area contributed by atoms with E-state index in [0.29, 0.717) is 6.54 Å². The van der Waals surface area contributed by atoms with E-state index in [0.717, 1.165) is 22.4 Å². The van der Waals surface area contributed by atoms with Gasteiger partial charge in [0.25, 0.3) is 0 Å². The Hall–Kier alpha value is -2.29. The molecule has 2 N–H and O–H groups in total. The van der Waals surface area contributed by atoms with Crippen LogP contribution in [0.1, 0.15) is 23.6 Å².